The molecule has 1 heterocycles. The average molecular weight is 499 g/mol. The number of ketones is 1. The maximum atomic E-state index is 13.5. The molecule has 0 atom stereocenters. The van der Waals surface area contributed by atoms with Crippen LogP contribution in [0.5, 0.6) is 17.2 Å². The predicted molar refractivity (Wildman–Crippen MR) is 129 cm³/mol. The van der Waals surface area contributed by atoms with Crippen molar-refractivity contribution in [1.82, 2.24) is 9.55 Å². The number of aromatic nitrogens is 2. The largest absolute Gasteiger partial charge is 0.497 e. The van der Waals surface area contributed by atoms with Crippen LogP contribution in [0.15, 0.2) is 76.7 Å². The summed E-state index contributed by atoms with van der Waals surface area (Å²) >= 11 is 1.08. The fraction of sp³-hybridized carbons (Fsp3) is 0.160. The van der Waals surface area contributed by atoms with Gasteiger partial charge in [0.15, 0.2) is 10.9 Å². The average Bonchev–Trinajstić information content (AvgIpc) is 2.87. The van der Waals surface area contributed by atoms with Gasteiger partial charge < -0.3 is 14.2 Å². The molecule has 1 aromatic heterocycles. The van der Waals surface area contributed by atoms with Crippen LogP contribution in [0.25, 0.3) is 16.6 Å². The Morgan fingerprint density at radius 2 is 1.71 bits per heavy atom. The van der Waals surface area contributed by atoms with Gasteiger partial charge in [-0.15, -0.1) is 0 Å². The molecule has 0 unspecified atom stereocenters. The SMILES string of the molecule is COc1ccc(OC)c(-n2c(SCC(=O)c3ccc(OC(F)F)cc3)nc3ccccc3c2=O)c1. The van der Waals surface area contributed by atoms with E-state index in [1.807, 2.05) is 0 Å². The molecule has 0 aliphatic heterocycles. The van der Waals surface area contributed by atoms with Gasteiger partial charge in [-0.1, -0.05) is 23.9 Å². The van der Waals surface area contributed by atoms with E-state index in [2.05, 4.69) is 9.72 Å². The van der Waals surface area contributed by atoms with Gasteiger partial charge in [-0.05, 0) is 48.5 Å². The molecule has 4 aromatic rings. The normalized spacial score (nSPS) is 11.0. The molecule has 0 saturated heterocycles. The van der Waals surface area contributed by atoms with E-state index in [0.29, 0.717) is 33.7 Å². The number of halogens is 2. The number of fused-ring (bicyclic) bond motifs is 1. The van der Waals surface area contributed by atoms with Gasteiger partial charge in [0.25, 0.3) is 5.56 Å². The zero-order valence-corrected chi connectivity index (χ0v) is 19.6. The highest BCUT2D eigenvalue weighted by Gasteiger charge is 2.19. The van der Waals surface area contributed by atoms with E-state index in [4.69, 9.17) is 9.47 Å². The standard InChI is InChI=1S/C25H20F2N2O5S/c1-32-17-11-12-22(33-2)20(13-17)29-23(31)18-5-3-4-6-19(18)28-25(29)35-14-21(30)15-7-9-16(10-8-15)34-24(26)27/h3-13,24H,14H2,1-2H3. The van der Waals surface area contributed by atoms with Crippen LogP contribution in [0.4, 0.5) is 8.78 Å². The summed E-state index contributed by atoms with van der Waals surface area (Å²) in [6.07, 6.45) is 0. The minimum Gasteiger partial charge on any atom is -0.497 e. The Labute approximate surface area is 203 Å². The molecule has 4 rings (SSSR count). The van der Waals surface area contributed by atoms with Crippen molar-refractivity contribution in [3.05, 3.63) is 82.6 Å². The summed E-state index contributed by atoms with van der Waals surface area (Å²) in [5, 5.41) is 0.689. The van der Waals surface area contributed by atoms with Crippen molar-refractivity contribution in [3.63, 3.8) is 0 Å². The van der Waals surface area contributed by atoms with Crippen LogP contribution in [0.3, 0.4) is 0 Å². The van der Waals surface area contributed by atoms with Gasteiger partial charge >= 0.3 is 6.61 Å². The zero-order chi connectivity index (χ0) is 24.9. The van der Waals surface area contributed by atoms with Crippen molar-refractivity contribution in [2.45, 2.75) is 11.8 Å². The van der Waals surface area contributed by atoms with Gasteiger partial charge in [0.2, 0.25) is 0 Å². The Morgan fingerprint density at radius 1 is 1.00 bits per heavy atom. The van der Waals surface area contributed by atoms with Crippen LogP contribution >= 0.6 is 11.8 Å². The number of hydrogen-bond acceptors (Lipinski definition) is 7. The summed E-state index contributed by atoms with van der Waals surface area (Å²) < 4.78 is 41.2. The number of Topliss-reactive ketones (excluding diaryl/α,β-unsaturated/α-hetero) is 1. The van der Waals surface area contributed by atoms with Gasteiger partial charge in [0, 0.05) is 11.6 Å². The summed E-state index contributed by atoms with van der Waals surface area (Å²) in [4.78, 5) is 30.9. The van der Waals surface area contributed by atoms with Crippen molar-refractivity contribution < 1.29 is 27.8 Å². The van der Waals surface area contributed by atoms with Gasteiger partial charge in [0.1, 0.15) is 17.2 Å². The Morgan fingerprint density at radius 3 is 2.40 bits per heavy atom. The summed E-state index contributed by atoms with van der Waals surface area (Å²) in [5.41, 5.74) is 0.885. The molecule has 0 fully saturated rings. The van der Waals surface area contributed by atoms with Crippen LogP contribution in [-0.4, -0.2) is 41.9 Å². The number of hydrogen-bond donors (Lipinski definition) is 0. The fourth-order valence-electron chi connectivity index (χ4n) is 3.43. The highest BCUT2D eigenvalue weighted by atomic mass is 32.2. The third-order valence-electron chi connectivity index (χ3n) is 5.11. The molecule has 0 amide bonds. The van der Waals surface area contributed by atoms with Crippen molar-refractivity contribution in [2.75, 3.05) is 20.0 Å². The minimum absolute atomic E-state index is 0.0423. The lowest BCUT2D eigenvalue weighted by Gasteiger charge is -2.16. The molecule has 7 nitrogen and oxygen atoms in total. The Bertz CT molecular complexity index is 1420. The molecule has 0 N–H and O–H groups in total. The van der Waals surface area contributed by atoms with E-state index in [0.717, 1.165) is 11.8 Å². The molecule has 0 spiro atoms. The number of carbonyl (C=O) groups excluding carboxylic acids is 1. The number of ether oxygens (including phenoxy) is 3. The monoisotopic (exact) mass is 498 g/mol. The molecular formula is C25H20F2N2O5S. The van der Waals surface area contributed by atoms with Crippen molar-refractivity contribution in [3.8, 4) is 22.9 Å². The lowest BCUT2D eigenvalue weighted by Crippen LogP contribution is -2.22. The van der Waals surface area contributed by atoms with Gasteiger partial charge in [-0.2, -0.15) is 8.78 Å². The quantitative estimate of drug-likeness (QED) is 0.183. The molecule has 0 bridgehead atoms. The number of nitrogens with zero attached hydrogens (tertiary/aromatic N) is 2. The van der Waals surface area contributed by atoms with E-state index in [9.17, 15) is 18.4 Å². The van der Waals surface area contributed by atoms with E-state index in [1.165, 1.54) is 43.1 Å². The van der Waals surface area contributed by atoms with Gasteiger partial charge in [-0.3, -0.25) is 14.2 Å². The van der Waals surface area contributed by atoms with Crippen LogP contribution in [0, 0.1) is 0 Å². The number of thioether (sulfide) groups is 1. The summed E-state index contributed by atoms with van der Waals surface area (Å²) in [5.74, 6) is 0.572. The van der Waals surface area contributed by atoms with Crippen LogP contribution in [0.2, 0.25) is 0 Å². The van der Waals surface area contributed by atoms with E-state index < -0.39 is 6.61 Å². The molecule has 3 aromatic carbocycles. The first-order valence-corrected chi connectivity index (χ1v) is 11.3. The number of methoxy groups -OCH3 is 2. The first-order valence-electron chi connectivity index (χ1n) is 10.4. The number of alkyl halides is 2. The highest BCUT2D eigenvalue weighted by molar-refractivity contribution is 7.99. The third-order valence-corrected chi connectivity index (χ3v) is 6.04. The molecule has 35 heavy (non-hydrogen) atoms. The molecule has 0 aliphatic rings. The number of para-hydroxylation sites is 1. The fourth-order valence-corrected chi connectivity index (χ4v) is 4.33. The predicted octanol–water partition coefficient (Wildman–Crippen LogP) is 4.98. The maximum Gasteiger partial charge on any atom is 0.387 e. The van der Waals surface area contributed by atoms with Gasteiger partial charge in [0.05, 0.1) is 36.6 Å². The van der Waals surface area contributed by atoms with Gasteiger partial charge in [-0.25, -0.2) is 4.98 Å². The topological polar surface area (TPSA) is 79.7 Å². The summed E-state index contributed by atoms with van der Waals surface area (Å²) in [6, 6.07) is 17.4. The molecular weight excluding hydrogens is 478 g/mol. The molecule has 0 aliphatic carbocycles. The number of carbonyl (C=O) groups is 1. The Balaban J connectivity index is 1.72. The maximum absolute atomic E-state index is 13.5. The molecule has 0 saturated carbocycles. The van der Waals surface area contributed by atoms with E-state index in [1.54, 1.807) is 42.5 Å². The lowest BCUT2D eigenvalue weighted by molar-refractivity contribution is -0.0498. The van der Waals surface area contributed by atoms with E-state index >= 15 is 0 Å². The highest BCUT2D eigenvalue weighted by Crippen LogP contribution is 2.31. The zero-order valence-electron chi connectivity index (χ0n) is 18.7. The van der Waals surface area contributed by atoms with Crippen LogP contribution < -0.4 is 19.8 Å². The Hall–Kier alpha value is -3.92. The van der Waals surface area contributed by atoms with E-state index in [-0.39, 0.29) is 28.0 Å². The molecule has 0 radical (unpaired) electrons. The summed E-state index contributed by atoms with van der Waals surface area (Å²) in [7, 11) is 3.00. The first-order chi connectivity index (χ1) is 16.9. The molecule has 10 heteroatoms. The third kappa shape index (κ3) is 5.27. The van der Waals surface area contributed by atoms with Crippen molar-refractivity contribution in [1.29, 1.82) is 0 Å². The van der Waals surface area contributed by atoms with Crippen LogP contribution in [-0.2, 0) is 0 Å². The second-order valence-corrected chi connectivity index (χ2v) is 8.15. The van der Waals surface area contributed by atoms with Crippen molar-refractivity contribution in [2.24, 2.45) is 0 Å². The molecule has 180 valence electrons. The van der Waals surface area contributed by atoms with Crippen molar-refractivity contribution >= 4 is 28.4 Å². The minimum atomic E-state index is -2.95. The van der Waals surface area contributed by atoms with Crippen LogP contribution in [0.1, 0.15) is 10.4 Å². The number of benzene rings is 3. The lowest BCUT2D eigenvalue weighted by atomic mass is 10.1. The first kappa shape index (κ1) is 24.2. The summed E-state index contributed by atoms with van der Waals surface area (Å²) in [6.45, 7) is -2.95. The second kappa shape index (κ2) is 10.6. The Kier molecular flexibility index (Phi) is 7.31. The second-order valence-electron chi connectivity index (χ2n) is 7.20. The number of rotatable bonds is 9. The smallest absolute Gasteiger partial charge is 0.387 e.